The molecule has 0 bridgehead atoms. The van der Waals surface area contributed by atoms with E-state index in [-0.39, 0.29) is 13.0 Å². The molecule has 0 aliphatic rings. The van der Waals surface area contributed by atoms with E-state index in [0.29, 0.717) is 6.42 Å². The maximum Gasteiger partial charge on any atom is 0.460 e. The maximum atomic E-state index is 13.5. The van der Waals surface area contributed by atoms with Gasteiger partial charge in [-0.15, -0.1) is 0 Å². The summed E-state index contributed by atoms with van der Waals surface area (Å²) in [6, 6.07) is -1.77. The van der Waals surface area contributed by atoms with Crippen LogP contribution in [-0.2, 0) is 14.3 Å². The van der Waals surface area contributed by atoms with Crippen molar-refractivity contribution in [2.45, 2.75) is 83.4 Å². The number of hydrogen-bond donors (Lipinski definition) is 1. The van der Waals surface area contributed by atoms with E-state index in [1.807, 2.05) is 6.92 Å². The van der Waals surface area contributed by atoms with E-state index in [1.54, 1.807) is 0 Å². The first kappa shape index (κ1) is 26.4. The van der Waals surface area contributed by atoms with Crippen LogP contribution in [0.2, 0.25) is 0 Å². The minimum absolute atomic E-state index is 0.0829. The Labute approximate surface area is 159 Å². The molecule has 0 aliphatic carbocycles. The highest BCUT2D eigenvalue weighted by Gasteiger charge is 2.76. The van der Waals surface area contributed by atoms with E-state index in [9.17, 15) is 40.3 Å². The highest BCUT2D eigenvalue weighted by atomic mass is 19.4. The van der Waals surface area contributed by atoms with Crippen LogP contribution in [-0.4, -0.2) is 42.5 Å². The number of halogens is 7. The molecule has 0 radical (unpaired) electrons. The van der Waals surface area contributed by atoms with E-state index >= 15 is 0 Å². The summed E-state index contributed by atoms with van der Waals surface area (Å²) in [4.78, 5) is 23.5. The second kappa shape index (κ2) is 10.8. The fourth-order valence-corrected chi connectivity index (χ4v) is 2.19. The first-order valence-corrected chi connectivity index (χ1v) is 9.03. The van der Waals surface area contributed by atoms with Crippen LogP contribution in [0.3, 0.4) is 0 Å². The predicted octanol–water partition coefficient (Wildman–Crippen LogP) is 4.86. The Hall–Kier alpha value is -1.55. The summed E-state index contributed by atoms with van der Waals surface area (Å²) in [5.74, 6) is -17.6. The monoisotopic (exact) mass is 425 g/mol. The molecule has 2 unspecified atom stereocenters. The standard InChI is InChI=1S/C17H26F7NO3/c1-4-6-7-8-9-10-28-13(26)12(11(3)5-2)25-14(27)15(18,19)16(20,21)17(22,23)24/h11-12H,4-10H2,1-3H3,(H,25,27). The fraction of sp³-hybridized carbons (Fsp3) is 0.882. The first-order chi connectivity index (χ1) is 12.7. The van der Waals surface area contributed by atoms with Crippen molar-refractivity contribution < 1.29 is 45.1 Å². The summed E-state index contributed by atoms with van der Waals surface area (Å²) in [5, 5.41) is 1.30. The number of alkyl halides is 7. The average molecular weight is 425 g/mol. The molecule has 0 fully saturated rings. The fourth-order valence-electron chi connectivity index (χ4n) is 2.19. The number of ether oxygens (including phenoxy) is 1. The van der Waals surface area contributed by atoms with Gasteiger partial charge in [0.25, 0.3) is 5.91 Å². The van der Waals surface area contributed by atoms with Crippen molar-refractivity contribution >= 4 is 11.9 Å². The minimum atomic E-state index is -6.64. The Morgan fingerprint density at radius 2 is 1.46 bits per heavy atom. The number of unbranched alkanes of at least 4 members (excludes halogenated alkanes) is 4. The number of carbonyl (C=O) groups is 2. The van der Waals surface area contributed by atoms with Gasteiger partial charge in [0.05, 0.1) is 6.61 Å². The molecule has 0 saturated heterocycles. The third-order valence-electron chi connectivity index (χ3n) is 4.28. The zero-order chi connectivity index (χ0) is 22.2. The average Bonchev–Trinajstić information content (AvgIpc) is 2.60. The van der Waals surface area contributed by atoms with Gasteiger partial charge in [-0.25, -0.2) is 4.79 Å². The van der Waals surface area contributed by atoms with Gasteiger partial charge in [-0.05, 0) is 12.3 Å². The number of carbonyl (C=O) groups excluding carboxylic acids is 2. The van der Waals surface area contributed by atoms with Crippen LogP contribution in [0, 0.1) is 5.92 Å². The van der Waals surface area contributed by atoms with Crippen LogP contribution in [0.4, 0.5) is 30.7 Å². The highest BCUT2D eigenvalue weighted by Crippen LogP contribution is 2.46. The molecule has 1 N–H and O–H groups in total. The molecule has 2 atom stereocenters. The van der Waals surface area contributed by atoms with Crippen LogP contribution < -0.4 is 5.32 Å². The van der Waals surface area contributed by atoms with Gasteiger partial charge in [0.2, 0.25) is 0 Å². The van der Waals surface area contributed by atoms with Crippen molar-refractivity contribution in [1.82, 2.24) is 5.32 Å². The van der Waals surface area contributed by atoms with E-state index in [1.165, 1.54) is 19.2 Å². The van der Waals surface area contributed by atoms with Crippen molar-refractivity contribution in [3.05, 3.63) is 0 Å². The maximum absolute atomic E-state index is 13.5. The molecule has 166 valence electrons. The zero-order valence-electron chi connectivity index (χ0n) is 16.0. The summed E-state index contributed by atoms with van der Waals surface area (Å²) in [6.45, 7) is 4.77. The van der Waals surface area contributed by atoms with E-state index in [4.69, 9.17) is 4.74 Å². The number of esters is 1. The molecule has 11 heteroatoms. The van der Waals surface area contributed by atoms with Gasteiger partial charge in [0.1, 0.15) is 6.04 Å². The van der Waals surface area contributed by atoms with Crippen LogP contribution in [0.25, 0.3) is 0 Å². The molecule has 0 rings (SSSR count). The van der Waals surface area contributed by atoms with Crippen molar-refractivity contribution in [3.8, 4) is 0 Å². The van der Waals surface area contributed by atoms with Crippen LogP contribution in [0.5, 0.6) is 0 Å². The lowest BCUT2D eigenvalue weighted by Crippen LogP contribution is -2.62. The first-order valence-electron chi connectivity index (χ1n) is 9.03. The Balaban J connectivity index is 5.09. The zero-order valence-corrected chi connectivity index (χ0v) is 16.0. The third-order valence-corrected chi connectivity index (χ3v) is 4.28. The third kappa shape index (κ3) is 6.80. The number of nitrogens with one attached hydrogen (secondary N) is 1. The van der Waals surface area contributed by atoms with Gasteiger partial charge in [-0.1, -0.05) is 52.9 Å². The van der Waals surface area contributed by atoms with Crippen molar-refractivity contribution in [2.24, 2.45) is 5.92 Å². The highest BCUT2D eigenvalue weighted by molar-refractivity contribution is 5.89. The van der Waals surface area contributed by atoms with Gasteiger partial charge >= 0.3 is 24.0 Å². The Kier molecular flexibility index (Phi) is 10.2. The summed E-state index contributed by atoms with van der Waals surface area (Å²) in [6.07, 6.45) is -2.44. The summed E-state index contributed by atoms with van der Waals surface area (Å²) in [5.41, 5.74) is 0. The SMILES string of the molecule is CCCCCCCOC(=O)C(NC(=O)C(F)(F)C(F)(F)C(F)(F)F)C(C)CC. The molecular weight excluding hydrogens is 399 g/mol. The number of hydrogen-bond acceptors (Lipinski definition) is 3. The number of rotatable bonds is 12. The normalized spacial score (nSPS) is 15.1. The van der Waals surface area contributed by atoms with Gasteiger partial charge < -0.3 is 10.1 Å². The van der Waals surface area contributed by atoms with Gasteiger partial charge in [-0.2, -0.15) is 30.7 Å². The second-order valence-corrected chi connectivity index (χ2v) is 6.56. The van der Waals surface area contributed by atoms with Crippen LogP contribution in [0.1, 0.15) is 59.3 Å². The molecular formula is C17H26F7NO3. The Morgan fingerprint density at radius 1 is 0.929 bits per heavy atom. The Bertz CT molecular complexity index is 509. The Morgan fingerprint density at radius 3 is 1.93 bits per heavy atom. The van der Waals surface area contributed by atoms with Crippen molar-refractivity contribution in [3.63, 3.8) is 0 Å². The summed E-state index contributed by atoms with van der Waals surface area (Å²) >= 11 is 0. The molecule has 0 aliphatic heterocycles. The van der Waals surface area contributed by atoms with Gasteiger partial charge in [-0.3, -0.25) is 4.79 Å². The lowest BCUT2D eigenvalue weighted by atomic mass is 9.98. The summed E-state index contributed by atoms with van der Waals surface area (Å²) in [7, 11) is 0. The van der Waals surface area contributed by atoms with E-state index in [0.717, 1.165) is 25.7 Å². The molecule has 0 aromatic heterocycles. The summed E-state index contributed by atoms with van der Waals surface area (Å²) < 4.78 is 94.4. The number of amides is 1. The minimum Gasteiger partial charge on any atom is -0.464 e. The molecule has 28 heavy (non-hydrogen) atoms. The van der Waals surface area contributed by atoms with E-state index in [2.05, 4.69) is 0 Å². The lowest BCUT2D eigenvalue weighted by Gasteiger charge is -2.29. The topological polar surface area (TPSA) is 55.4 Å². The predicted molar refractivity (Wildman–Crippen MR) is 87.1 cm³/mol. The van der Waals surface area contributed by atoms with Crippen LogP contribution in [0.15, 0.2) is 0 Å². The molecule has 0 saturated carbocycles. The molecule has 0 aromatic carbocycles. The largest absolute Gasteiger partial charge is 0.464 e. The lowest BCUT2D eigenvalue weighted by molar-refractivity contribution is -0.344. The van der Waals surface area contributed by atoms with Crippen molar-refractivity contribution in [1.29, 1.82) is 0 Å². The molecule has 0 spiro atoms. The quantitative estimate of drug-likeness (QED) is 0.276. The van der Waals surface area contributed by atoms with E-state index < -0.39 is 41.9 Å². The molecule has 4 nitrogen and oxygen atoms in total. The van der Waals surface area contributed by atoms with Gasteiger partial charge in [0, 0.05) is 0 Å². The van der Waals surface area contributed by atoms with Gasteiger partial charge in [0.15, 0.2) is 0 Å². The van der Waals surface area contributed by atoms with Crippen LogP contribution >= 0.6 is 0 Å². The molecule has 1 amide bonds. The smallest absolute Gasteiger partial charge is 0.460 e. The molecule has 0 heterocycles. The van der Waals surface area contributed by atoms with Crippen molar-refractivity contribution in [2.75, 3.05) is 6.61 Å². The molecule has 0 aromatic rings. The second-order valence-electron chi connectivity index (χ2n) is 6.56.